The van der Waals surface area contributed by atoms with Gasteiger partial charge >= 0.3 is 5.69 Å². The summed E-state index contributed by atoms with van der Waals surface area (Å²) < 4.78 is 35.1. The van der Waals surface area contributed by atoms with Crippen molar-refractivity contribution in [1.29, 1.82) is 0 Å². The first-order chi connectivity index (χ1) is 12.7. The Kier molecular flexibility index (Phi) is 5.16. The number of likely N-dealkylation sites (N-methyl/N-ethyl adjacent to an activating group) is 1. The molecule has 1 aromatic heterocycles. The highest BCUT2D eigenvalue weighted by Gasteiger charge is 2.52. The Morgan fingerprint density at radius 2 is 2.26 bits per heavy atom. The molecule has 3 heterocycles. The lowest BCUT2D eigenvalue weighted by molar-refractivity contribution is -0.119. The second-order valence-electron chi connectivity index (χ2n) is 6.67. The number of primary amides is 1. The van der Waals surface area contributed by atoms with E-state index in [2.05, 4.69) is 10.3 Å². The van der Waals surface area contributed by atoms with Gasteiger partial charge in [0.1, 0.15) is 5.82 Å². The lowest BCUT2D eigenvalue weighted by atomic mass is 10.0. The van der Waals surface area contributed by atoms with Crippen LogP contribution >= 0.6 is 0 Å². The van der Waals surface area contributed by atoms with Crippen molar-refractivity contribution in [2.75, 3.05) is 32.4 Å². The number of nitrogens with one attached hydrogen (secondary N) is 1. The average Bonchev–Trinajstić information content (AvgIpc) is 2.88. The molecule has 1 unspecified atom stereocenters. The van der Waals surface area contributed by atoms with E-state index in [9.17, 15) is 18.4 Å². The fraction of sp³-hybridized carbons (Fsp3) is 0.562. The molecule has 9 nitrogen and oxygen atoms in total. The number of nitrogens with zero attached hydrogens (tertiary/aromatic N) is 3. The molecule has 2 atom stereocenters. The summed E-state index contributed by atoms with van der Waals surface area (Å²) in [4.78, 5) is 28.7. The Labute approximate surface area is 154 Å². The zero-order valence-electron chi connectivity index (χ0n) is 14.8. The molecule has 0 aliphatic carbocycles. The first-order valence-electron chi connectivity index (χ1n) is 8.51. The van der Waals surface area contributed by atoms with E-state index in [1.54, 1.807) is 7.05 Å². The molecule has 5 N–H and O–H groups in total. The van der Waals surface area contributed by atoms with Crippen molar-refractivity contribution in [3.63, 3.8) is 0 Å². The molecule has 2 aliphatic heterocycles. The van der Waals surface area contributed by atoms with Crippen molar-refractivity contribution in [2.45, 2.75) is 31.1 Å². The number of hydrogen-bond donors (Lipinski definition) is 3. The van der Waals surface area contributed by atoms with Crippen molar-refractivity contribution in [1.82, 2.24) is 19.8 Å². The third-order valence-electron chi connectivity index (χ3n) is 4.77. The largest absolute Gasteiger partial charge is 0.390 e. The number of rotatable bonds is 5. The van der Waals surface area contributed by atoms with E-state index in [-0.39, 0.29) is 12.4 Å². The van der Waals surface area contributed by atoms with E-state index in [1.165, 1.54) is 6.07 Å². The molecular weight excluding hydrogens is 362 g/mol. The molecule has 1 saturated heterocycles. The normalized spacial score (nSPS) is 25.6. The second-order valence-corrected chi connectivity index (χ2v) is 6.67. The summed E-state index contributed by atoms with van der Waals surface area (Å²) >= 11 is 0. The number of anilines is 1. The van der Waals surface area contributed by atoms with Crippen molar-refractivity contribution >= 4 is 11.7 Å². The van der Waals surface area contributed by atoms with Gasteiger partial charge < -0.3 is 21.5 Å². The van der Waals surface area contributed by atoms with Gasteiger partial charge in [-0.3, -0.25) is 14.3 Å². The lowest BCUT2D eigenvalue weighted by Gasteiger charge is -2.31. The topological polar surface area (TPSA) is 128 Å². The number of halogens is 2. The van der Waals surface area contributed by atoms with Crippen LogP contribution in [0.15, 0.2) is 28.3 Å². The molecule has 1 fully saturated rings. The third-order valence-corrected chi connectivity index (χ3v) is 4.77. The first-order valence-corrected chi connectivity index (χ1v) is 8.51. The van der Waals surface area contributed by atoms with Crippen LogP contribution in [0, 0.1) is 0 Å². The van der Waals surface area contributed by atoms with Crippen molar-refractivity contribution in [2.24, 2.45) is 5.73 Å². The Bertz CT molecular complexity index is 825. The fourth-order valence-electron chi connectivity index (χ4n) is 3.48. The Morgan fingerprint density at radius 3 is 2.89 bits per heavy atom. The minimum atomic E-state index is -3.22. The summed E-state index contributed by atoms with van der Waals surface area (Å²) in [7, 11) is 1.68. The Balaban J connectivity index is 1.71. The maximum absolute atomic E-state index is 14.4. The van der Waals surface area contributed by atoms with Crippen LogP contribution in [0.25, 0.3) is 0 Å². The smallest absolute Gasteiger partial charge is 0.351 e. The molecule has 0 saturated carbocycles. The summed E-state index contributed by atoms with van der Waals surface area (Å²) in [6.45, 7) is 1.12. The van der Waals surface area contributed by atoms with Crippen LogP contribution in [0.2, 0.25) is 0 Å². The van der Waals surface area contributed by atoms with Crippen LogP contribution in [0.5, 0.6) is 0 Å². The van der Waals surface area contributed by atoms with Gasteiger partial charge in [-0.2, -0.15) is 4.98 Å². The van der Waals surface area contributed by atoms with Crippen molar-refractivity contribution < 1.29 is 18.3 Å². The molecule has 148 valence electrons. The Hall–Kier alpha value is -2.53. The SMILES string of the molecule is CNC1=C(C(N)=O)CCN(CC2CC(F)(F)[C@H](n3ccc(N)nc3=O)O2)C1. The Morgan fingerprint density at radius 1 is 1.52 bits per heavy atom. The van der Waals surface area contributed by atoms with E-state index < -0.39 is 36.3 Å². The molecule has 11 heteroatoms. The average molecular weight is 384 g/mol. The van der Waals surface area contributed by atoms with Gasteiger partial charge in [0.25, 0.3) is 5.92 Å². The summed E-state index contributed by atoms with van der Waals surface area (Å²) in [5.74, 6) is -3.75. The van der Waals surface area contributed by atoms with Gasteiger partial charge in [-0.1, -0.05) is 0 Å². The predicted molar refractivity (Wildman–Crippen MR) is 92.7 cm³/mol. The number of aromatic nitrogens is 2. The summed E-state index contributed by atoms with van der Waals surface area (Å²) in [5, 5.41) is 2.94. The van der Waals surface area contributed by atoms with Gasteiger partial charge in [0.15, 0.2) is 0 Å². The maximum atomic E-state index is 14.4. The minimum absolute atomic E-state index is 0.0425. The number of ether oxygens (including phenoxy) is 1. The van der Waals surface area contributed by atoms with Crippen LogP contribution in [0.4, 0.5) is 14.6 Å². The molecule has 2 aliphatic rings. The molecule has 0 aromatic carbocycles. The number of alkyl halides is 2. The van der Waals surface area contributed by atoms with Crippen molar-refractivity contribution in [3.8, 4) is 0 Å². The molecule has 0 radical (unpaired) electrons. The quantitative estimate of drug-likeness (QED) is 0.619. The highest BCUT2D eigenvalue weighted by Crippen LogP contribution is 2.42. The molecule has 1 aromatic rings. The monoisotopic (exact) mass is 384 g/mol. The summed E-state index contributed by atoms with van der Waals surface area (Å²) in [5.41, 5.74) is 11.1. The zero-order chi connectivity index (χ0) is 19.8. The van der Waals surface area contributed by atoms with Gasteiger partial charge in [0.2, 0.25) is 12.1 Å². The number of carbonyl (C=O) groups is 1. The molecular formula is C16H22F2N6O3. The van der Waals surface area contributed by atoms with Crippen LogP contribution in [0.1, 0.15) is 19.1 Å². The van der Waals surface area contributed by atoms with Gasteiger partial charge in [0.05, 0.1) is 6.10 Å². The molecule has 1 amide bonds. The van der Waals surface area contributed by atoms with E-state index in [4.69, 9.17) is 16.2 Å². The molecule has 3 rings (SSSR count). The van der Waals surface area contributed by atoms with Gasteiger partial charge in [-0.25, -0.2) is 13.6 Å². The van der Waals surface area contributed by atoms with Crippen LogP contribution in [0.3, 0.4) is 0 Å². The highest BCUT2D eigenvalue weighted by atomic mass is 19.3. The van der Waals surface area contributed by atoms with Gasteiger partial charge in [-0.05, 0) is 12.5 Å². The predicted octanol–water partition coefficient (Wildman–Crippen LogP) is -0.587. The number of hydrogen-bond acceptors (Lipinski definition) is 7. The molecule has 0 spiro atoms. The fourth-order valence-corrected chi connectivity index (χ4v) is 3.48. The first kappa shape index (κ1) is 19.2. The van der Waals surface area contributed by atoms with E-state index in [0.717, 1.165) is 10.8 Å². The van der Waals surface area contributed by atoms with Gasteiger partial charge in [-0.15, -0.1) is 0 Å². The highest BCUT2D eigenvalue weighted by molar-refractivity contribution is 5.92. The van der Waals surface area contributed by atoms with Crippen LogP contribution in [-0.2, 0) is 9.53 Å². The lowest BCUT2D eigenvalue weighted by Crippen LogP contribution is -2.42. The maximum Gasteiger partial charge on any atom is 0.351 e. The third kappa shape index (κ3) is 3.93. The van der Waals surface area contributed by atoms with Crippen LogP contribution < -0.4 is 22.5 Å². The van der Waals surface area contributed by atoms with E-state index in [1.807, 2.05) is 4.90 Å². The van der Waals surface area contributed by atoms with E-state index >= 15 is 0 Å². The standard InChI is InChI=1S/C16H22F2N6O3/c1-21-11-8-23(4-2-10(11)13(20)25)7-9-6-16(17,18)14(27-9)24-5-3-12(19)22-15(24)26/h3,5,9,14,21H,2,4,6-8H2,1H3,(H2,20,25)(H2,19,22,26)/t9?,14-/m1/s1. The second kappa shape index (κ2) is 7.24. The number of nitrogen functional groups attached to an aromatic ring is 1. The molecule has 27 heavy (non-hydrogen) atoms. The van der Waals surface area contributed by atoms with E-state index in [0.29, 0.717) is 30.8 Å². The molecule has 0 bridgehead atoms. The van der Waals surface area contributed by atoms with Crippen LogP contribution in [-0.4, -0.2) is 59.1 Å². The summed E-state index contributed by atoms with van der Waals surface area (Å²) in [6, 6.07) is 1.27. The van der Waals surface area contributed by atoms with Gasteiger partial charge in [0, 0.05) is 50.6 Å². The number of amides is 1. The number of nitrogens with two attached hydrogens (primary N) is 2. The minimum Gasteiger partial charge on any atom is -0.390 e. The zero-order valence-corrected chi connectivity index (χ0v) is 14.8. The summed E-state index contributed by atoms with van der Waals surface area (Å²) in [6.07, 6.45) is -1.44. The number of carbonyl (C=O) groups excluding carboxylic acids is 1. The van der Waals surface area contributed by atoms with Crippen molar-refractivity contribution in [3.05, 3.63) is 34.0 Å².